The number of anilines is 3. The van der Waals surface area contributed by atoms with Gasteiger partial charge in [-0.1, -0.05) is 0 Å². The van der Waals surface area contributed by atoms with Crippen molar-refractivity contribution in [3.05, 3.63) is 55.4 Å². The van der Waals surface area contributed by atoms with Crippen LogP contribution in [0.2, 0.25) is 0 Å². The minimum absolute atomic E-state index is 0.0580. The largest absolute Gasteiger partial charge is 0.395 e. The van der Waals surface area contributed by atoms with Gasteiger partial charge in [0.2, 0.25) is 0 Å². The summed E-state index contributed by atoms with van der Waals surface area (Å²) in [7, 11) is 0. The number of benzene rings is 1. The van der Waals surface area contributed by atoms with Gasteiger partial charge in [-0.05, 0) is 24.3 Å². The highest BCUT2D eigenvalue weighted by molar-refractivity contribution is 5.60. The molecule has 3 N–H and O–H groups in total. The Kier molecular flexibility index (Phi) is 4.26. The lowest BCUT2D eigenvalue weighted by atomic mass is 10.2. The zero-order valence-corrected chi connectivity index (χ0v) is 11.8. The Morgan fingerprint density at radius 1 is 1.09 bits per heavy atom. The van der Waals surface area contributed by atoms with Crippen LogP contribution in [0.15, 0.2) is 55.4 Å². The summed E-state index contributed by atoms with van der Waals surface area (Å²) >= 11 is 0. The summed E-state index contributed by atoms with van der Waals surface area (Å²) in [5.41, 5.74) is 1.96. The molecule has 0 amide bonds. The molecule has 2 heterocycles. The molecule has 112 valence electrons. The summed E-state index contributed by atoms with van der Waals surface area (Å²) < 4.78 is 1.94. The maximum atomic E-state index is 8.81. The Labute approximate surface area is 127 Å². The molecule has 3 rings (SSSR count). The van der Waals surface area contributed by atoms with E-state index >= 15 is 0 Å². The highest BCUT2D eigenvalue weighted by Crippen LogP contribution is 2.18. The Bertz CT molecular complexity index is 711. The monoisotopic (exact) mass is 296 g/mol. The van der Waals surface area contributed by atoms with Gasteiger partial charge in [0, 0.05) is 36.4 Å². The third-order valence-electron chi connectivity index (χ3n) is 3.03. The van der Waals surface area contributed by atoms with Gasteiger partial charge in [-0.25, -0.2) is 15.0 Å². The fourth-order valence-electron chi connectivity index (χ4n) is 1.98. The number of nitrogens with zero attached hydrogens (tertiary/aromatic N) is 4. The van der Waals surface area contributed by atoms with Crippen LogP contribution in [0.4, 0.5) is 17.3 Å². The van der Waals surface area contributed by atoms with Crippen molar-refractivity contribution < 1.29 is 5.11 Å². The van der Waals surface area contributed by atoms with Crippen LogP contribution >= 0.6 is 0 Å². The van der Waals surface area contributed by atoms with E-state index in [1.165, 1.54) is 6.33 Å². The summed E-state index contributed by atoms with van der Waals surface area (Å²) in [6.45, 7) is 0.512. The summed E-state index contributed by atoms with van der Waals surface area (Å²) in [5.74, 6) is 1.35. The molecule has 0 saturated heterocycles. The SMILES string of the molecule is OCCNc1cc(Nc2ccc(-n3ccnc3)cc2)ncn1. The summed E-state index contributed by atoms with van der Waals surface area (Å²) in [5, 5.41) is 15.0. The van der Waals surface area contributed by atoms with Gasteiger partial charge in [-0.3, -0.25) is 0 Å². The van der Waals surface area contributed by atoms with Gasteiger partial charge >= 0.3 is 0 Å². The summed E-state index contributed by atoms with van der Waals surface area (Å²) in [6.07, 6.45) is 6.87. The Morgan fingerprint density at radius 2 is 1.91 bits per heavy atom. The minimum Gasteiger partial charge on any atom is -0.395 e. The van der Waals surface area contributed by atoms with Crippen LogP contribution < -0.4 is 10.6 Å². The lowest BCUT2D eigenvalue weighted by molar-refractivity contribution is 0.311. The topological polar surface area (TPSA) is 87.9 Å². The van der Waals surface area contributed by atoms with Gasteiger partial charge in [0.25, 0.3) is 0 Å². The van der Waals surface area contributed by atoms with Gasteiger partial charge in [0.05, 0.1) is 12.9 Å². The van der Waals surface area contributed by atoms with Gasteiger partial charge in [0.1, 0.15) is 18.0 Å². The van der Waals surface area contributed by atoms with Crippen molar-refractivity contribution >= 4 is 17.3 Å². The predicted molar refractivity (Wildman–Crippen MR) is 84.5 cm³/mol. The average Bonchev–Trinajstić information content (AvgIpc) is 3.08. The first kappa shape index (κ1) is 14.0. The molecule has 0 bridgehead atoms. The second kappa shape index (κ2) is 6.68. The molecule has 0 atom stereocenters. The zero-order chi connectivity index (χ0) is 15.2. The van der Waals surface area contributed by atoms with Crippen molar-refractivity contribution in [2.75, 3.05) is 23.8 Å². The van der Waals surface area contributed by atoms with E-state index in [0.29, 0.717) is 18.2 Å². The van der Waals surface area contributed by atoms with Crippen LogP contribution in [0.25, 0.3) is 5.69 Å². The van der Waals surface area contributed by atoms with Crippen LogP contribution in [0, 0.1) is 0 Å². The molecule has 1 aromatic carbocycles. The third-order valence-corrected chi connectivity index (χ3v) is 3.03. The molecule has 0 saturated carbocycles. The van der Waals surface area contributed by atoms with Crippen LogP contribution in [0.1, 0.15) is 0 Å². The molecule has 0 spiro atoms. The summed E-state index contributed by atoms with van der Waals surface area (Å²) in [6, 6.07) is 9.72. The van der Waals surface area contributed by atoms with E-state index in [-0.39, 0.29) is 6.61 Å². The number of aliphatic hydroxyl groups is 1. The molecule has 0 fully saturated rings. The molecule has 2 aromatic heterocycles. The number of rotatable bonds is 6. The van der Waals surface area contributed by atoms with Gasteiger partial charge < -0.3 is 20.3 Å². The Hall–Kier alpha value is -2.93. The highest BCUT2D eigenvalue weighted by atomic mass is 16.3. The van der Waals surface area contributed by atoms with Crippen LogP contribution in [-0.2, 0) is 0 Å². The van der Waals surface area contributed by atoms with E-state index in [4.69, 9.17) is 5.11 Å². The quantitative estimate of drug-likeness (QED) is 0.643. The molecule has 0 radical (unpaired) electrons. The molecule has 0 unspecified atom stereocenters. The third kappa shape index (κ3) is 3.39. The fraction of sp³-hybridized carbons (Fsp3) is 0.133. The normalized spacial score (nSPS) is 10.4. The second-order valence-corrected chi connectivity index (χ2v) is 4.58. The molecule has 7 heteroatoms. The second-order valence-electron chi connectivity index (χ2n) is 4.58. The number of hydrogen-bond acceptors (Lipinski definition) is 6. The molecule has 0 aliphatic rings. The lowest BCUT2D eigenvalue weighted by Gasteiger charge is -2.09. The van der Waals surface area contributed by atoms with E-state index < -0.39 is 0 Å². The van der Waals surface area contributed by atoms with Crippen molar-refractivity contribution in [3.63, 3.8) is 0 Å². The number of aliphatic hydroxyl groups excluding tert-OH is 1. The van der Waals surface area contributed by atoms with Crippen molar-refractivity contribution in [2.45, 2.75) is 0 Å². The predicted octanol–water partition coefficient (Wildman–Crippen LogP) is 1.81. The van der Waals surface area contributed by atoms with E-state index in [1.807, 2.05) is 35.0 Å². The van der Waals surface area contributed by atoms with Crippen molar-refractivity contribution in [3.8, 4) is 5.69 Å². The van der Waals surface area contributed by atoms with E-state index in [2.05, 4.69) is 25.6 Å². The van der Waals surface area contributed by atoms with Gasteiger partial charge in [-0.15, -0.1) is 0 Å². The number of aromatic nitrogens is 4. The first-order chi connectivity index (χ1) is 10.8. The average molecular weight is 296 g/mol. The maximum absolute atomic E-state index is 8.81. The molecular formula is C15H16N6O. The number of imidazole rings is 1. The standard InChI is InChI=1S/C15H16N6O/c22-8-6-17-14-9-15(19-10-18-14)20-12-1-3-13(4-2-12)21-7-5-16-11-21/h1-5,7,9-11,22H,6,8H2,(H2,17,18,19,20). The van der Waals surface area contributed by atoms with Crippen molar-refractivity contribution in [1.29, 1.82) is 0 Å². The molecule has 0 aliphatic heterocycles. The van der Waals surface area contributed by atoms with Crippen LogP contribution in [0.3, 0.4) is 0 Å². The first-order valence-corrected chi connectivity index (χ1v) is 6.87. The van der Waals surface area contributed by atoms with Crippen LogP contribution in [0.5, 0.6) is 0 Å². The van der Waals surface area contributed by atoms with Crippen molar-refractivity contribution in [2.24, 2.45) is 0 Å². The lowest BCUT2D eigenvalue weighted by Crippen LogP contribution is -2.07. The Balaban J connectivity index is 1.70. The molecule has 22 heavy (non-hydrogen) atoms. The minimum atomic E-state index is 0.0580. The molecule has 7 nitrogen and oxygen atoms in total. The first-order valence-electron chi connectivity index (χ1n) is 6.87. The van der Waals surface area contributed by atoms with E-state index in [1.54, 1.807) is 18.6 Å². The fourth-order valence-corrected chi connectivity index (χ4v) is 1.98. The molecular weight excluding hydrogens is 280 g/mol. The van der Waals surface area contributed by atoms with E-state index in [0.717, 1.165) is 11.4 Å². The van der Waals surface area contributed by atoms with E-state index in [9.17, 15) is 0 Å². The smallest absolute Gasteiger partial charge is 0.135 e. The molecule has 0 aliphatic carbocycles. The summed E-state index contributed by atoms with van der Waals surface area (Å²) in [4.78, 5) is 12.3. The molecule has 3 aromatic rings. The highest BCUT2D eigenvalue weighted by Gasteiger charge is 2.00. The number of hydrogen-bond donors (Lipinski definition) is 3. The van der Waals surface area contributed by atoms with Crippen LogP contribution in [-0.4, -0.2) is 37.8 Å². The van der Waals surface area contributed by atoms with Crippen molar-refractivity contribution in [1.82, 2.24) is 19.5 Å². The Morgan fingerprint density at radius 3 is 2.64 bits per heavy atom. The maximum Gasteiger partial charge on any atom is 0.135 e. The zero-order valence-electron chi connectivity index (χ0n) is 11.8. The van der Waals surface area contributed by atoms with Gasteiger partial charge in [0.15, 0.2) is 0 Å². The number of nitrogens with one attached hydrogen (secondary N) is 2. The van der Waals surface area contributed by atoms with Gasteiger partial charge in [-0.2, -0.15) is 0 Å².